The molecule has 1 aromatic carbocycles. The van der Waals surface area contributed by atoms with Crippen LogP contribution in [0.4, 0.5) is 0 Å². The van der Waals surface area contributed by atoms with Crippen LogP contribution in [0.15, 0.2) is 36.9 Å². The number of rotatable bonds is 4. The normalized spacial score (nSPS) is 20.6. The Labute approximate surface area is 102 Å². The van der Waals surface area contributed by atoms with Gasteiger partial charge in [-0.1, -0.05) is 36.9 Å². The molecule has 86 valence electrons. The second kappa shape index (κ2) is 6.12. The van der Waals surface area contributed by atoms with E-state index in [9.17, 15) is 0 Å². The lowest BCUT2D eigenvalue weighted by atomic mass is 10.1. The summed E-state index contributed by atoms with van der Waals surface area (Å²) in [6, 6.07) is 11.1. The molecule has 1 nitrogen and oxygen atoms in total. The van der Waals surface area contributed by atoms with Gasteiger partial charge in [-0.2, -0.15) is 11.8 Å². The first-order valence-corrected chi connectivity index (χ1v) is 7.06. The van der Waals surface area contributed by atoms with Crippen molar-refractivity contribution in [1.82, 2.24) is 5.32 Å². The van der Waals surface area contributed by atoms with Crippen molar-refractivity contribution < 1.29 is 0 Å². The molecule has 1 saturated heterocycles. The van der Waals surface area contributed by atoms with Gasteiger partial charge in [-0.25, -0.2) is 0 Å². The summed E-state index contributed by atoms with van der Waals surface area (Å²) in [7, 11) is 0. The summed E-state index contributed by atoms with van der Waals surface area (Å²) in [6.45, 7) is 5.05. The van der Waals surface area contributed by atoms with Crippen molar-refractivity contribution in [1.29, 1.82) is 0 Å². The fourth-order valence-corrected chi connectivity index (χ4v) is 3.05. The molecule has 0 bridgehead atoms. The van der Waals surface area contributed by atoms with Crippen LogP contribution in [0.5, 0.6) is 0 Å². The van der Waals surface area contributed by atoms with Gasteiger partial charge in [-0.3, -0.25) is 0 Å². The Bertz CT molecular complexity index is 328. The van der Waals surface area contributed by atoms with E-state index in [0.29, 0.717) is 6.04 Å². The van der Waals surface area contributed by atoms with E-state index < -0.39 is 0 Å². The van der Waals surface area contributed by atoms with E-state index in [0.717, 1.165) is 6.54 Å². The van der Waals surface area contributed by atoms with E-state index in [1.807, 2.05) is 6.07 Å². The van der Waals surface area contributed by atoms with Crippen LogP contribution in [0.2, 0.25) is 0 Å². The monoisotopic (exact) mass is 233 g/mol. The van der Waals surface area contributed by atoms with Crippen molar-refractivity contribution in [2.75, 3.05) is 18.1 Å². The lowest BCUT2D eigenvalue weighted by molar-refractivity contribution is 0.538. The van der Waals surface area contributed by atoms with E-state index in [1.54, 1.807) is 0 Å². The van der Waals surface area contributed by atoms with Gasteiger partial charge in [0.1, 0.15) is 0 Å². The fraction of sp³-hybridized carbons (Fsp3) is 0.429. The van der Waals surface area contributed by atoms with Gasteiger partial charge in [0.25, 0.3) is 0 Å². The molecule has 0 amide bonds. The zero-order chi connectivity index (χ0) is 11.2. The maximum absolute atomic E-state index is 4.14. The van der Waals surface area contributed by atoms with Crippen molar-refractivity contribution in [2.45, 2.75) is 18.9 Å². The molecule has 1 fully saturated rings. The Hall–Kier alpha value is -0.730. The van der Waals surface area contributed by atoms with E-state index in [4.69, 9.17) is 0 Å². The molecule has 0 radical (unpaired) electrons. The summed E-state index contributed by atoms with van der Waals surface area (Å²) >= 11 is 2.06. The molecule has 1 aliphatic heterocycles. The Kier molecular flexibility index (Phi) is 4.49. The molecule has 1 atom stereocenters. The summed E-state index contributed by atoms with van der Waals surface area (Å²) in [6.07, 6.45) is 2.66. The molecule has 0 spiro atoms. The van der Waals surface area contributed by atoms with Gasteiger partial charge >= 0.3 is 0 Å². The molecule has 2 rings (SSSR count). The standard InChI is InChI=1S/C14H19NS/c1-12(13-6-3-2-4-7-13)10-15-14-8-5-9-16-11-14/h2-4,6-7,14-15H,1,5,8-11H2. The number of hydrogen-bond donors (Lipinski definition) is 1. The zero-order valence-corrected chi connectivity index (χ0v) is 10.4. The second-order valence-corrected chi connectivity index (χ2v) is 5.41. The third-order valence-corrected chi connectivity index (χ3v) is 4.16. The van der Waals surface area contributed by atoms with Gasteiger partial charge in [0.15, 0.2) is 0 Å². The van der Waals surface area contributed by atoms with Crippen molar-refractivity contribution in [3.63, 3.8) is 0 Å². The third kappa shape index (κ3) is 3.39. The van der Waals surface area contributed by atoms with Crippen LogP contribution in [0, 0.1) is 0 Å². The number of nitrogens with one attached hydrogen (secondary N) is 1. The van der Waals surface area contributed by atoms with Crippen molar-refractivity contribution in [3.8, 4) is 0 Å². The van der Waals surface area contributed by atoms with E-state index in [2.05, 4.69) is 47.9 Å². The SMILES string of the molecule is C=C(CNC1CCCSC1)c1ccccc1. The van der Waals surface area contributed by atoms with Gasteiger partial charge in [0, 0.05) is 18.3 Å². The van der Waals surface area contributed by atoms with Gasteiger partial charge in [-0.05, 0) is 29.7 Å². The molecule has 2 heteroatoms. The molecule has 0 saturated carbocycles. The Morgan fingerprint density at radius 1 is 1.38 bits per heavy atom. The highest BCUT2D eigenvalue weighted by molar-refractivity contribution is 7.99. The van der Waals surface area contributed by atoms with Crippen molar-refractivity contribution >= 4 is 17.3 Å². The second-order valence-electron chi connectivity index (χ2n) is 4.26. The van der Waals surface area contributed by atoms with Crippen LogP contribution in [-0.2, 0) is 0 Å². The first kappa shape index (κ1) is 11.7. The Balaban J connectivity index is 1.79. The van der Waals surface area contributed by atoms with Crippen molar-refractivity contribution in [2.24, 2.45) is 0 Å². The average Bonchev–Trinajstić information content (AvgIpc) is 2.38. The van der Waals surface area contributed by atoms with E-state index in [1.165, 1.54) is 35.5 Å². The molecule has 0 aromatic heterocycles. The molecule has 16 heavy (non-hydrogen) atoms. The summed E-state index contributed by atoms with van der Waals surface area (Å²) in [5, 5.41) is 3.60. The summed E-state index contributed by atoms with van der Waals surface area (Å²) in [4.78, 5) is 0. The number of thioether (sulfide) groups is 1. The molecule has 1 aromatic rings. The van der Waals surface area contributed by atoms with Crippen LogP contribution in [0.3, 0.4) is 0 Å². The first-order chi connectivity index (χ1) is 7.86. The van der Waals surface area contributed by atoms with Crippen LogP contribution in [0.1, 0.15) is 18.4 Å². The minimum absolute atomic E-state index is 0.680. The lowest BCUT2D eigenvalue weighted by Gasteiger charge is -2.23. The van der Waals surface area contributed by atoms with Gasteiger partial charge in [0.2, 0.25) is 0 Å². The van der Waals surface area contributed by atoms with Crippen LogP contribution in [-0.4, -0.2) is 24.1 Å². The van der Waals surface area contributed by atoms with Crippen LogP contribution >= 0.6 is 11.8 Å². The highest BCUT2D eigenvalue weighted by Gasteiger charge is 2.12. The van der Waals surface area contributed by atoms with Gasteiger partial charge < -0.3 is 5.32 Å². The smallest absolute Gasteiger partial charge is 0.0208 e. The largest absolute Gasteiger partial charge is 0.309 e. The average molecular weight is 233 g/mol. The molecule has 0 aliphatic carbocycles. The molecule has 1 aliphatic rings. The fourth-order valence-electron chi connectivity index (χ4n) is 1.95. The minimum atomic E-state index is 0.680. The molecule has 1 unspecified atom stereocenters. The highest BCUT2D eigenvalue weighted by Crippen LogP contribution is 2.18. The van der Waals surface area contributed by atoms with Crippen molar-refractivity contribution in [3.05, 3.63) is 42.5 Å². The maximum Gasteiger partial charge on any atom is 0.0208 e. The third-order valence-electron chi connectivity index (χ3n) is 2.95. The molecular weight excluding hydrogens is 214 g/mol. The molecule has 1 heterocycles. The van der Waals surface area contributed by atoms with E-state index >= 15 is 0 Å². The van der Waals surface area contributed by atoms with Gasteiger partial charge in [-0.15, -0.1) is 0 Å². The lowest BCUT2D eigenvalue weighted by Crippen LogP contribution is -2.34. The summed E-state index contributed by atoms with van der Waals surface area (Å²) in [5.74, 6) is 2.58. The number of benzene rings is 1. The van der Waals surface area contributed by atoms with E-state index in [-0.39, 0.29) is 0 Å². The summed E-state index contributed by atoms with van der Waals surface area (Å²) < 4.78 is 0. The predicted molar refractivity (Wildman–Crippen MR) is 73.8 cm³/mol. The molecule has 1 N–H and O–H groups in total. The topological polar surface area (TPSA) is 12.0 Å². The first-order valence-electron chi connectivity index (χ1n) is 5.90. The quantitative estimate of drug-likeness (QED) is 0.857. The summed E-state index contributed by atoms with van der Waals surface area (Å²) in [5.41, 5.74) is 2.44. The Morgan fingerprint density at radius 3 is 2.88 bits per heavy atom. The molecular formula is C14H19NS. The maximum atomic E-state index is 4.14. The zero-order valence-electron chi connectivity index (χ0n) is 9.61. The van der Waals surface area contributed by atoms with Gasteiger partial charge in [0.05, 0.1) is 0 Å². The van der Waals surface area contributed by atoms with Crippen LogP contribution < -0.4 is 5.32 Å². The van der Waals surface area contributed by atoms with Crippen LogP contribution in [0.25, 0.3) is 5.57 Å². The highest BCUT2D eigenvalue weighted by atomic mass is 32.2. The predicted octanol–water partition coefficient (Wildman–Crippen LogP) is 3.19. The Morgan fingerprint density at radius 2 is 2.19 bits per heavy atom. The minimum Gasteiger partial charge on any atom is -0.309 e. The number of hydrogen-bond acceptors (Lipinski definition) is 2.